The maximum absolute atomic E-state index is 12.6. The Morgan fingerprint density at radius 2 is 1.47 bits per heavy atom. The third-order valence-electron chi connectivity index (χ3n) is 5.75. The number of esters is 2. The van der Waals surface area contributed by atoms with E-state index in [0.717, 1.165) is 18.2 Å². The minimum absolute atomic E-state index is 0.0254. The van der Waals surface area contributed by atoms with Crippen molar-refractivity contribution >= 4 is 41.4 Å². The monoisotopic (exact) mass is 613 g/mol. The van der Waals surface area contributed by atoms with Gasteiger partial charge in [0.15, 0.2) is 23.0 Å². The molecule has 0 saturated carbocycles. The minimum Gasteiger partial charge on any atom is -0.504 e. The zero-order valence-electron chi connectivity index (χ0n) is 23.1. The van der Waals surface area contributed by atoms with Crippen LogP contribution in [0.15, 0.2) is 66.7 Å². The molecule has 226 valence electrons. The van der Waals surface area contributed by atoms with E-state index in [1.165, 1.54) is 62.8 Å². The van der Waals surface area contributed by atoms with Crippen molar-refractivity contribution in [1.29, 1.82) is 0 Å². The molecule has 0 heterocycles. The van der Waals surface area contributed by atoms with Crippen molar-refractivity contribution in [3.63, 3.8) is 0 Å². The first kappa shape index (κ1) is 32.3. The standard InChI is InChI=1S/C30H28ClNO11/c1-39-27-15-19(3-8-24(27)33)5-11-29(35)42-18-22(13-14-41-26-10-7-21(32(37)38)17-23(26)31)43-30(36)12-6-20-4-9-25(34)28(16-20)40-2/h3-12,15-17,22,33-34H,13-14,18H2,1-2H3/b11-5+,12-6+/t22-/m1/s1. The molecular formula is C30H28ClNO11. The Labute approximate surface area is 251 Å². The number of benzene rings is 3. The lowest BCUT2D eigenvalue weighted by Gasteiger charge is -2.17. The molecule has 0 aliphatic rings. The number of ether oxygens (including phenoxy) is 5. The largest absolute Gasteiger partial charge is 0.504 e. The Bertz CT molecular complexity index is 1520. The normalized spacial score (nSPS) is 11.7. The van der Waals surface area contributed by atoms with Crippen LogP contribution in [0.25, 0.3) is 12.2 Å². The molecule has 0 spiro atoms. The Balaban J connectivity index is 1.65. The van der Waals surface area contributed by atoms with Crippen molar-refractivity contribution in [3.05, 3.63) is 93.0 Å². The lowest BCUT2D eigenvalue weighted by atomic mass is 10.2. The quantitative estimate of drug-likeness (QED) is 0.104. The van der Waals surface area contributed by atoms with E-state index >= 15 is 0 Å². The first-order valence-corrected chi connectivity index (χ1v) is 13.0. The second kappa shape index (κ2) is 15.7. The van der Waals surface area contributed by atoms with Gasteiger partial charge in [0.1, 0.15) is 18.5 Å². The summed E-state index contributed by atoms with van der Waals surface area (Å²) in [6.07, 6.45) is 4.37. The number of methoxy groups -OCH3 is 2. The van der Waals surface area contributed by atoms with Gasteiger partial charge in [-0.15, -0.1) is 0 Å². The molecule has 13 heteroatoms. The maximum Gasteiger partial charge on any atom is 0.331 e. The molecule has 3 aromatic carbocycles. The summed E-state index contributed by atoms with van der Waals surface area (Å²) in [6, 6.07) is 12.7. The van der Waals surface area contributed by atoms with Crippen LogP contribution >= 0.6 is 11.6 Å². The average molecular weight is 614 g/mol. The lowest BCUT2D eigenvalue weighted by molar-refractivity contribution is -0.384. The number of nitrogens with zero attached hydrogens (tertiary/aromatic N) is 1. The summed E-state index contributed by atoms with van der Waals surface area (Å²) >= 11 is 6.07. The van der Waals surface area contributed by atoms with Crippen molar-refractivity contribution in [2.45, 2.75) is 12.5 Å². The minimum atomic E-state index is -0.936. The number of aromatic hydroxyl groups is 2. The second-order valence-electron chi connectivity index (χ2n) is 8.73. The van der Waals surface area contributed by atoms with Gasteiger partial charge in [-0.25, -0.2) is 9.59 Å². The lowest BCUT2D eigenvalue weighted by Crippen LogP contribution is -2.26. The van der Waals surface area contributed by atoms with Crippen molar-refractivity contribution in [2.24, 2.45) is 0 Å². The molecule has 3 rings (SSSR count). The number of rotatable bonds is 14. The molecule has 0 radical (unpaired) electrons. The van der Waals surface area contributed by atoms with E-state index in [1.54, 1.807) is 12.1 Å². The molecule has 0 aromatic heterocycles. The fraction of sp³-hybridized carbons (Fsp3) is 0.200. The highest BCUT2D eigenvalue weighted by molar-refractivity contribution is 6.32. The Kier molecular flexibility index (Phi) is 11.8. The summed E-state index contributed by atoms with van der Waals surface area (Å²) in [6.45, 7) is -0.346. The smallest absolute Gasteiger partial charge is 0.331 e. The van der Waals surface area contributed by atoms with E-state index in [4.69, 9.17) is 35.3 Å². The number of hydrogen-bond acceptors (Lipinski definition) is 11. The molecule has 12 nitrogen and oxygen atoms in total. The third kappa shape index (κ3) is 9.97. The van der Waals surface area contributed by atoms with Gasteiger partial charge in [-0.05, 0) is 53.6 Å². The molecule has 0 saturated heterocycles. The Morgan fingerprint density at radius 1 is 0.884 bits per heavy atom. The molecule has 0 aliphatic heterocycles. The molecule has 0 amide bonds. The van der Waals surface area contributed by atoms with E-state index in [0.29, 0.717) is 11.1 Å². The second-order valence-corrected chi connectivity index (χ2v) is 9.13. The maximum atomic E-state index is 12.6. The van der Waals surface area contributed by atoms with Gasteiger partial charge in [0.2, 0.25) is 0 Å². The number of hydrogen-bond donors (Lipinski definition) is 2. The van der Waals surface area contributed by atoms with Crippen LogP contribution in [0.4, 0.5) is 5.69 Å². The predicted molar refractivity (Wildman–Crippen MR) is 156 cm³/mol. The SMILES string of the molecule is COc1cc(/C=C/C(=O)OC[C@@H](CCOc2ccc([N+](=O)[O-])cc2Cl)OC(=O)/C=C/c2ccc(O)c(OC)c2)ccc1O. The van der Waals surface area contributed by atoms with Gasteiger partial charge in [0.05, 0.1) is 30.8 Å². The van der Waals surface area contributed by atoms with E-state index in [9.17, 15) is 29.9 Å². The van der Waals surface area contributed by atoms with E-state index in [2.05, 4.69) is 0 Å². The van der Waals surface area contributed by atoms with Crippen LogP contribution in [0, 0.1) is 10.1 Å². The van der Waals surface area contributed by atoms with E-state index < -0.39 is 23.0 Å². The molecule has 43 heavy (non-hydrogen) atoms. The number of phenols is 2. The Hall–Kier alpha value is -5.23. The topological polar surface area (TPSA) is 164 Å². The number of halogens is 1. The predicted octanol–water partition coefficient (Wildman–Crippen LogP) is 5.33. The highest BCUT2D eigenvalue weighted by atomic mass is 35.5. The van der Waals surface area contributed by atoms with Crippen LogP contribution in [0.1, 0.15) is 17.5 Å². The first-order valence-electron chi connectivity index (χ1n) is 12.6. The number of carbonyl (C=O) groups excluding carboxylic acids is 2. The highest BCUT2D eigenvalue weighted by Crippen LogP contribution is 2.29. The molecule has 0 aliphatic carbocycles. The zero-order chi connectivity index (χ0) is 31.4. The fourth-order valence-corrected chi connectivity index (χ4v) is 3.78. The summed E-state index contributed by atoms with van der Waals surface area (Å²) < 4.78 is 26.5. The van der Waals surface area contributed by atoms with Crippen LogP contribution < -0.4 is 14.2 Å². The van der Waals surface area contributed by atoms with Gasteiger partial charge in [0.25, 0.3) is 5.69 Å². The third-order valence-corrected chi connectivity index (χ3v) is 6.04. The van der Waals surface area contributed by atoms with Gasteiger partial charge in [-0.1, -0.05) is 23.7 Å². The molecule has 1 atom stereocenters. The summed E-state index contributed by atoms with van der Waals surface area (Å²) in [5.74, 6) is -0.941. The highest BCUT2D eigenvalue weighted by Gasteiger charge is 2.17. The first-order chi connectivity index (χ1) is 20.6. The number of carbonyl (C=O) groups is 2. The molecule has 0 bridgehead atoms. The molecule has 3 aromatic rings. The van der Waals surface area contributed by atoms with Crippen LogP contribution in [0.3, 0.4) is 0 Å². The molecule has 2 N–H and O–H groups in total. The molecular weight excluding hydrogens is 586 g/mol. The van der Waals surface area contributed by atoms with Crippen molar-refractivity contribution < 1.29 is 48.4 Å². The van der Waals surface area contributed by atoms with Crippen molar-refractivity contribution in [1.82, 2.24) is 0 Å². The van der Waals surface area contributed by atoms with E-state index in [1.807, 2.05) is 0 Å². The molecule has 0 unspecified atom stereocenters. The van der Waals surface area contributed by atoms with Gasteiger partial charge < -0.3 is 33.9 Å². The number of phenolic OH excluding ortho intramolecular Hbond substituents is 2. The van der Waals surface area contributed by atoms with Crippen LogP contribution in [0.2, 0.25) is 5.02 Å². The number of nitro groups is 1. The molecule has 0 fully saturated rings. The van der Waals surface area contributed by atoms with E-state index in [-0.39, 0.29) is 59.1 Å². The fourth-order valence-electron chi connectivity index (χ4n) is 3.55. The van der Waals surface area contributed by atoms with Crippen molar-refractivity contribution in [3.8, 4) is 28.7 Å². The van der Waals surface area contributed by atoms with Crippen molar-refractivity contribution in [2.75, 3.05) is 27.4 Å². The number of non-ortho nitro benzene ring substituents is 1. The zero-order valence-corrected chi connectivity index (χ0v) is 23.9. The van der Waals surface area contributed by atoms with Gasteiger partial charge in [-0.2, -0.15) is 0 Å². The summed E-state index contributed by atoms with van der Waals surface area (Å²) in [5.41, 5.74) is 0.925. The van der Waals surface area contributed by atoms with Gasteiger partial charge in [0, 0.05) is 30.7 Å². The average Bonchev–Trinajstić information content (AvgIpc) is 2.99. The summed E-state index contributed by atoms with van der Waals surface area (Å²) in [4.78, 5) is 35.3. The number of nitro benzene ring substituents is 1. The summed E-state index contributed by atoms with van der Waals surface area (Å²) in [5, 5.41) is 30.4. The van der Waals surface area contributed by atoms with Gasteiger partial charge >= 0.3 is 11.9 Å². The van der Waals surface area contributed by atoms with Crippen LogP contribution in [-0.4, -0.2) is 60.6 Å². The Morgan fingerprint density at radius 3 is 2.00 bits per heavy atom. The van der Waals surface area contributed by atoms with Crippen LogP contribution in [-0.2, 0) is 19.1 Å². The van der Waals surface area contributed by atoms with Gasteiger partial charge in [-0.3, -0.25) is 10.1 Å². The van der Waals surface area contributed by atoms with Crippen LogP contribution in [0.5, 0.6) is 28.7 Å². The summed E-state index contributed by atoms with van der Waals surface area (Å²) in [7, 11) is 2.79.